The summed E-state index contributed by atoms with van der Waals surface area (Å²) in [6.45, 7) is -0.876. The zero-order chi connectivity index (χ0) is 15.6. The Hall–Kier alpha value is -0.360. The molecule has 2 aliphatic rings. The van der Waals surface area contributed by atoms with Gasteiger partial charge < -0.3 is 44.8 Å². The lowest BCUT2D eigenvalue weighted by Gasteiger charge is -2.41. The molecule has 0 radical (unpaired) electrons. The molecular weight excluding hydrogens is 288 g/mol. The highest BCUT2D eigenvalue weighted by atomic mass is 16.7. The van der Waals surface area contributed by atoms with E-state index < -0.39 is 62.4 Å². The van der Waals surface area contributed by atoms with Gasteiger partial charge in [-0.05, 0) is 0 Å². The fraction of sp³-hybridized carbons (Fsp3) is 1.00. The molecule has 124 valence electrons. The molecule has 21 heavy (non-hydrogen) atoms. The number of ether oxygens (including phenoxy) is 3. The summed E-state index contributed by atoms with van der Waals surface area (Å²) in [7, 11) is 0. The molecule has 0 amide bonds. The molecule has 2 aliphatic heterocycles. The Morgan fingerprint density at radius 2 is 1.38 bits per heavy atom. The molecule has 0 bridgehead atoms. The Labute approximate surface area is 121 Å². The smallest absolute Gasteiger partial charge is 0.184 e. The lowest BCUT2D eigenvalue weighted by molar-refractivity contribution is -0.331. The Morgan fingerprint density at radius 1 is 0.810 bits per heavy atom. The number of rotatable bonds is 4. The monoisotopic (exact) mass is 310 g/mol. The van der Waals surface area contributed by atoms with Crippen LogP contribution in [0.3, 0.4) is 0 Å². The predicted molar refractivity (Wildman–Crippen MR) is 65.8 cm³/mol. The molecule has 2 fully saturated rings. The van der Waals surface area contributed by atoms with Gasteiger partial charge in [0.15, 0.2) is 12.6 Å². The van der Waals surface area contributed by atoms with E-state index >= 15 is 0 Å². The van der Waals surface area contributed by atoms with Crippen LogP contribution in [-0.2, 0) is 14.2 Å². The van der Waals surface area contributed by atoms with E-state index in [1.54, 1.807) is 0 Å². The standard InChI is InChI=1S/C12H22O9/c13-3-9-6(16)2-8(11(18)19-9)20-12-7(17)1-5(15)10(4-14)21-12/h5-18H,1-4H2/t5-,6-,7+,8+,9+,10+,11+,12+/m0/s1. The van der Waals surface area contributed by atoms with E-state index in [0.29, 0.717) is 0 Å². The molecule has 2 rings (SSSR count). The van der Waals surface area contributed by atoms with Crippen LogP contribution in [0.4, 0.5) is 0 Å². The highest BCUT2D eigenvalue weighted by molar-refractivity contribution is 4.85. The molecule has 0 aliphatic carbocycles. The van der Waals surface area contributed by atoms with Gasteiger partial charge in [-0.15, -0.1) is 0 Å². The fourth-order valence-electron chi connectivity index (χ4n) is 2.47. The molecule has 0 aromatic heterocycles. The van der Waals surface area contributed by atoms with E-state index in [0.717, 1.165) is 0 Å². The van der Waals surface area contributed by atoms with Gasteiger partial charge in [-0.25, -0.2) is 0 Å². The average molecular weight is 310 g/mol. The lowest BCUT2D eigenvalue weighted by atomic mass is 10.0. The second kappa shape index (κ2) is 7.27. The van der Waals surface area contributed by atoms with Crippen molar-refractivity contribution in [2.75, 3.05) is 13.2 Å². The van der Waals surface area contributed by atoms with E-state index in [9.17, 15) is 20.4 Å². The van der Waals surface area contributed by atoms with Crippen LogP contribution in [0, 0.1) is 0 Å². The average Bonchev–Trinajstić information content (AvgIpc) is 2.45. The van der Waals surface area contributed by atoms with Crippen molar-refractivity contribution in [2.45, 2.75) is 62.0 Å². The van der Waals surface area contributed by atoms with Gasteiger partial charge in [0.1, 0.15) is 24.4 Å². The van der Waals surface area contributed by atoms with Gasteiger partial charge in [0.05, 0.1) is 25.4 Å². The van der Waals surface area contributed by atoms with Crippen molar-refractivity contribution < 1.29 is 44.8 Å². The number of hydrogen-bond donors (Lipinski definition) is 6. The highest BCUT2D eigenvalue weighted by Crippen LogP contribution is 2.27. The Morgan fingerprint density at radius 3 is 2.00 bits per heavy atom. The van der Waals surface area contributed by atoms with Gasteiger partial charge in [0.25, 0.3) is 0 Å². The van der Waals surface area contributed by atoms with Gasteiger partial charge in [-0.2, -0.15) is 0 Å². The van der Waals surface area contributed by atoms with Crippen molar-refractivity contribution in [3.63, 3.8) is 0 Å². The van der Waals surface area contributed by atoms with Crippen molar-refractivity contribution in [3.8, 4) is 0 Å². The molecule has 6 N–H and O–H groups in total. The minimum atomic E-state index is -1.39. The van der Waals surface area contributed by atoms with Crippen molar-refractivity contribution in [1.82, 2.24) is 0 Å². The summed E-state index contributed by atoms with van der Waals surface area (Å²) in [5, 5.41) is 56.9. The molecule has 9 nitrogen and oxygen atoms in total. The summed E-state index contributed by atoms with van der Waals surface area (Å²) in [6.07, 6.45) is -8.52. The molecule has 9 heteroatoms. The topological polar surface area (TPSA) is 149 Å². The first kappa shape index (κ1) is 17.0. The van der Waals surface area contributed by atoms with Gasteiger partial charge in [-0.3, -0.25) is 0 Å². The fourth-order valence-corrected chi connectivity index (χ4v) is 2.47. The van der Waals surface area contributed by atoms with Crippen LogP contribution in [0.15, 0.2) is 0 Å². The first-order valence-electron chi connectivity index (χ1n) is 6.86. The van der Waals surface area contributed by atoms with Crippen molar-refractivity contribution in [3.05, 3.63) is 0 Å². The van der Waals surface area contributed by atoms with E-state index in [1.807, 2.05) is 0 Å². The van der Waals surface area contributed by atoms with Crippen LogP contribution in [0.25, 0.3) is 0 Å². The number of hydrogen-bond acceptors (Lipinski definition) is 9. The van der Waals surface area contributed by atoms with Gasteiger partial charge in [0, 0.05) is 12.8 Å². The maximum Gasteiger partial charge on any atom is 0.184 e. The summed E-state index contributed by atoms with van der Waals surface area (Å²) in [6, 6.07) is 0. The minimum absolute atomic E-state index is 0.00861. The van der Waals surface area contributed by atoms with Crippen LogP contribution in [0.2, 0.25) is 0 Å². The summed E-state index contributed by atoms with van der Waals surface area (Å²) in [5.74, 6) is 0. The summed E-state index contributed by atoms with van der Waals surface area (Å²) >= 11 is 0. The molecule has 0 aromatic rings. The summed E-state index contributed by atoms with van der Waals surface area (Å²) < 4.78 is 15.6. The minimum Gasteiger partial charge on any atom is -0.394 e. The SMILES string of the molecule is OC[C@H]1O[C@@H](O[C@@H]2C[C@H](O)[C@@H](CO)O[C@H]2O)[C@H](O)C[C@@H]1O. The van der Waals surface area contributed by atoms with E-state index in [4.69, 9.17) is 24.4 Å². The van der Waals surface area contributed by atoms with Crippen LogP contribution >= 0.6 is 0 Å². The van der Waals surface area contributed by atoms with Gasteiger partial charge >= 0.3 is 0 Å². The van der Waals surface area contributed by atoms with Crippen molar-refractivity contribution in [1.29, 1.82) is 0 Å². The van der Waals surface area contributed by atoms with Gasteiger partial charge in [-0.1, -0.05) is 0 Å². The Balaban J connectivity index is 1.94. The number of aliphatic hydroxyl groups is 6. The third kappa shape index (κ3) is 3.89. The van der Waals surface area contributed by atoms with E-state index in [2.05, 4.69) is 0 Å². The summed E-state index contributed by atoms with van der Waals surface area (Å²) in [5.41, 5.74) is 0. The maximum absolute atomic E-state index is 9.82. The highest BCUT2D eigenvalue weighted by Gasteiger charge is 2.42. The van der Waals surface area contributed by atoms with Crippen LogP contribution in [0.5, 0.6) is 0 Å². The molecule has 2 saturated heterocycles. The molecule has 2 heterocycles. The van der Waals surface area contributed by atoms with E-state index in [-0.39, 0.29) is 12.8 Å². The van der Waals surface area contributed by atoms with E-state index in [1.165, 1.54) is 0 Å². The third-order valence-electron chi connectivity index (χ3n) is 3.74. The molecular formula is C12H22O9. The predicted octanol–water partition coefficient (Wildman–Crippen LogP) is -3.34. The lowest BCUT2D eigenvalue weighted by Crippen LogP contribution is -2.55. The molecule has 0 unspecified atom stereocenters. The molecule has 0 aromatic carbocycles. The Kier molecular flexibility index (Phi) is 5.88. The number of aliphatic hydroxyl groups excluding tert-OH is 6. The quantitative estimate of drug-likeness (QED) is 0.313. The zero-order valence-corrected chi connectivity index (χ0v) is 11.4. The van der Waals surface area contributed by atoms with Crippen LogP contribution in [0.1, 0.15) is 12.8 Å². The largest absolute Gasteiger partial charge is 0.394 e. The molecule has 0 spiro atoms. The second-order valence-corrected chi connectivity index (χ2v) is 5.32. The van der Waals surface area contributed by atoms with Crippen LogP contribution in [-0.4, -0.2) is 93.1 Å². The normalized spacial score (nSPS) is 48.3. The first-order chi connectivity index (χ1) is 9.96. The zero-order valence-electron chi connectivity index (χ0n) is 11.4. The maximum atomic E-state index is 9.82. The third-order valence-corrected chi connectivity index (χ3v) is 3.74. The van der Waals surface area contributed by atoms with Crippen molar-refractivity contribution >= 4 is 0 Å². The van der Waals surface area contributed by atoms with Gasteiger partial charge in [0.2, 0.25) is 0 Å². The summed E-state index contributed by atoms with van der Waals surface area (Å²) in [4.78, 5) is 0. The molecule has 8 atom stereocenters. The van der Waals surface area contributed by atoms with Crippen LogP contribution < -0.4 is 0 Å². The first-order valence-corrected chi connectivity index (χ1v) is 6.86. The second-order valence-electron chi connectivity index (χ2n) is 5.32. The Bertz CT molecular complexity index is 328. The molecule has 0 saturated carbocycles. The van der Waals surface area contributed by atoms with Crippen molar-refractivity contribution in [2.24, 2.45) is 0 Å².